The quantitative estimate of drug-likeness (QED) is 0.896. The molecule has 1 N–H and O–H groups in total. The van der Waals surface area contributed by atoms with E-state index in [9.17, 15) is 13.2 Å². The van der Waals surface area contributed by atoms with Gasteiger partial charge in [0.15, 0.2) is 0 Å². The van der Waals surface area contributed by atoms with Gasteiger partial charge in [-0.3, -0.25) is 0 Å². The van der Waals surface area contributed by atoms with Crippen LogP contribution in [0.3, 0.4) is 0 Å². The van der Waals surface area contributed by atoms with Gasteiger partial charge in [-0.15, -0.1) is 0 Å². The predicted molar refractivity (Wildman–Crippen MR) is 78.0 cm³/mol. The molecule has 1 aromatic carbocycles. The average Bonchev–Trinajstić information content (AvgIpc) is 2.44. The van der Waals surface area contributed by atoms with Crippen LogP contribution in [0, 0.1) is 5.92 Å². The number of benzene rings is 1. The lowest BCUT2D eigenvalue weighted by atomic mass is 9.91. The van der Waals surface area contributed by atoms with Gasteiger partial charge >= 0.3 is 6.18 Å². The zero-order chi connectivity index (χ0) is 15.3. The normalized spacial score (nSPS) is 24.2. The average molecular weight is 300 g/mol. The van der Waals surface area contributed by atoms with Crippen molar-refractivity contribution in [2.75, 3.05) is 19.6 Å². The van der Waals surface area contributed by atoms with Gasteiger partial charge in [-0.05, 0) is 24.4 Å². The second-order valence-corrected chi connectivity index (χ2v) is 5.84. The van der Waals surface area contributed by atoms with Crippen LogP contribution in [0.25, 0.3) is 0 Å². The summed E-state index contributed by atoms with van der Waals surface area (Å²) >= 11 is 0. The van der Waals surface area contributed by atoms with Crippen molar-refractivity contribution in [2.45, 2.75) is 38.5 Å². The number of nitrogens with zero attached hydrogens (tertiary/aromatic N) is 1. The van der Waals surface area contributed by atoms with Gasteiger partial charge in [-0.2, -0.15) is 13.2 Å². The van der Waals surface area contributed by atoms with E-state index in [1.54, 1.807) is 0 Å². The second kappa shape index (κ2) is 7.27. The Kier molecular flexibility index (Phi) is 5.65. The van der Waals surface area contributed by atoms with Crippen LogP contribution in [-0.2, 0) is 6.54 Å². The van der Waals surface area contributed by atoms with E-state index < -0.39 is 12.6 Å². The Bertz CT molecular complexity index is 419. The van der Waals surface area contributed by atoms with Crippen molar-refractivity contribution in [2.24, 2.45) is 5.92 Å². The molecule has 0 amide bonds. The molecule has 0 aromatic heterocycles. The summed E-state index contributed by atoms with van der Waals surface area (Å²) < 4.78 is 37.8. The van der Waals surface area contributed by atoms with Crippen molar-refractivity contribution in [3.05, 3.63) is 35.9 Å². The van der Waals surface area contributed by atoms with Gasteiger partial charge in [0, 0.05) is 32.1 Å². The van der Waals surface area contributed by atoms with Crippen LogP contribution in [0.2, 0.25) is 0 Å². The fourth-order valence-corrected chi connectivity index (χ4v) is 3.04. The van der Waals surface area contributed by atoms with Gasteiger partial charge in [0.25, 0.3) is 0 Å². The summed E-state index contributed by atoms with van der Waals surface area (Å²) in [5.41, 5.74) is 1.17. The highest BCUT2D eigenvalue weighted by molar-refractivity contribution is 5.14. The minimum Gasteiger partial charge on any atom is -0.309 e. The summed E-state index contributed by atoms with van der Waals surface area (Å²) in [5.74, 6) is -0.299. The number of piperidine rings is 1. The van der Waals surface area contributed by atoms with Gasteiger partial charge in [0.1, 0.15) is 0 Å². The third-order valence-corrected chi connectivity index (χ3v) is 4.02. The molecule has 0 saturated carbocycles. The van der Waals surface area contributed by atoms with Crippen molar-refractivity contribution in [1.82, 2.24) is 10.2 Å². The highest BCUT2D eigenvalue weighted by Crippen LogP contribution is 2.30. The number of alkyl halides is 3. The number of likely N-dealkylation sites (tertiary alicyclic amines) is 1. The minimum absolute atomic E-state index is 0.131. The molecule has 118 valence electrons. The molecule has 0 bridgehead atoms. The SMILES string of the molecule is CCN1CC(CC(F)(F)F)CC(NCc2ccccc2)C1. The summed E-state index contributed by atoms with van der Waals surface area (Å²) in [6.07, 6.45) is -4.14. The predicted octanol–water partition coefficient (Wildman–Crippen LogP) is 3.44. The van der Waals surface area contributed by atoms with Crippen LogP contribution >= 0.6 is 0 Å². The van der Waals surface area contributed by atoms with Crippen LogP contribution in [0.1, 0.15) is 25.3 Å². The van der Waals surface area contributed by atoms with Crippen molar-refractivity contribution < 1.29 is 13.2 Å². The van der Waals surface area contributed by atoms with E-state index in [-0.39, 0.29) is 12.0 Å². The Morgan fingerprint density at radius 3 is 2.52 bits per heavy atom. The summed E-state index contributed by atoms with van der Waals surface area (Å²) in [4.78, 5) is 2.11. The minimum atomic E-state index is -4.06. The summed E-state index contributed by atoms with van der Waals surface area (Å²) in [6.45, 7) is 4.90. The summed E-state index contributed by atoms with van der Waals surface area (Å²) in [6, 6.07) is 10.1. The van der Waals surface area contributed by atoms with Crippen molar-refractivity contribution in [3.63, 3.8) is 0 Å². The maximum absolute atomic E-state index is 12.6. The second-order valence-electron chi connectivity index (χ2n) is 5.84. The first kappa shape index (κ1) is 16.3. The summed E-state index contributed by atoms with van der Waals surface area (Å²) in [5, 5.41) is 3.41. The molecular weight excluding hydrogens is 277 g/mol. The van der Waals surface area contributed by atoms with Gasteiger partial charge in [0.2, 0.25) is 0 Å². The molecule has 0 radical (unpaired) electrons. The molecule has 2 unspecified atom stereocenters. The molecule has 1 aliphatic rings. The van der Waals surface area contributed by atoms with E-state index >= 15 is 0 Å². The number of rotatable bonds is 5. The van der Waals surface area contributed by atoms with Crippen molar-refractivity contribution >= 4 is 0 Å². The standard InChI is InChI=1S/C16H23F3N2/c1-2-21-11-14(9-16(17,18)19)8-15(12-21)20-10-13-6-4-3-5-7-13/h3-7,14-15,20H,2,8-12H2,1H3. The molecule has 0 aliphatic carbocycles. The van der Waals surface area contributed by atoms with Crippen LogP contribution < -0.4 is 5.32 Å². The molecule has 2 atom stereocenters. The Hall–Kier alpha value is -1.07. The molecule has 5 heteroatoms. The largest absolute Gasteiger partial charge is 0.389 e. The van der Waals surface area contributed by atoms with E-state index in [2.05, 4.69) is 10.2 Å². The first-order chi connectivity index (χ1) is 9.96. The maximum atomic E-state index is 12.6. The lowest BCUT2D eigenvalue weighted by Gasteiger charge is -2.38. The third-order valence-electron chi connectivity index (χ3n) is 4.02. The molecule has 2 rings (SSSR count). The number of hydrogen-bond donors (Lipinski definition) is 1. The molecular formula is C16H23F3N2. The molecule has 1 aliphatic heterocycles. The van der Waals surface area contributed by atoms with Crippen molar-refractivity contribution in [3.8, 4) is 0 Å². The Morgan fingerprint density at radius 1 is 1.19 bits per heavy atom. The van der Waals surface area contributed by atoms with Gasteiger partial charge in [0.05, 0.1) is 0 Å². The fraction of sp³-hybridized carbons (Fsp3) is 0.625. The fourth-order valence-electron chi connectivity index (χ4n) is 3.04. The first-order valence-electron chi connectivity index (χ1n) is 7.52. The number of nitrogens with one attached hydrogen (secondary N) is 1. The Morgan fingerprint density at radius 2 is 1.90 bits per heavy atom. The van der Waals surface area contributed by atoms with E-state index in [1.807, 2.05) is 37.3 Å². The van der Waals surface area contributed by atoms with Crippen LogP contribution in [0.15, 0.2) is 30.3 Å². The Balaban J connectivity index is 1.89. The molecule has 2 nitrogen and oxygen atoms in total. The highest BCUT2D eigenvalue weighted by atomic mass is 19.4. The van der Waals surface area contributed by atoms with Crippen LogP contribution in [0.5, 0.6) is 0 Å². The highest BCUT2D eigenvalue weighted by Gasteiger charge is 2.36. The maximum Gasteiger partial charge on any atom is 0.389 e. The van der Waals surface area contributed by atoms with Gasteiger partial charge in [-0.25, -0.2) is 0 Å². The van der Waals surface area contributed by atoms with E-state index in [4.69, 9.17) is 0 Å². The summed E-state index contributed by atoms with van der Waals surface area (Å²) in [7, 11) is 0. The monoisotopic (exact) mass is 300 g/mol. The molecule has 1 heterocycles. The van der Waals surface area contributed by atoms with Gasteiger partial charge in [-0.1, -0.05) is 37.3 Å². The van der Waals surface area contributed by atoms with E-state index in [0.29, 0.717) is 19.5 Å². The lowest BCUT2D eigenvalue weighted by molar-refractivity contribution is -0.148. The number of hydrogen-bond acceptors (Lipinski definition) is 2. The van der Waals surface area contributed by atoms with Crippen LogP contribution in [-0.4, -0.2) is 36.8 Å². The molecule has 0 spiro atoms. The van der Waals surface area contributed by atoms with Gasteiger partial charge < -0.3 is 10.2 Å². The Labute approximate surface area is 124 Å². The topological polar surface area (TPSA) is 15.3 Å². The third kappa shape index (κ3) is 5.67. The first-order valence-corrected chi connectivity index (χ1v) is 7.52. The molecule has 1 aromatic rings. The smallest absolute Gasteiger partial charge is 0.309 e. The van der Waals surface area contributed by atoms with E-state index in [0.717, 1.165) is 13.1 Å². The zero-order valence-corrected chi connectivity index (χ0v) is 12.4. The number of likely N-dealkylation sites (N-methyl/N-ethyl adjacent to an activating group) is 1. The lowest BCUT2D eigenvalue weighted by Crippen LogP contribution is -2.49. The van der Waals surface area contributed by atoms with Crippen LogP contribution in [0.4, 0.5) is 13.2 Å². The number of halogens is 3. The van der Waals surface area contributed by atoms with E-state index in [1.165, 1.54) is 5.56 Å². The zero-order valence-electron chi connectivity index (χ0n) is 12.4. The molecule has 1 fully saturated rings. The molecule has 1 saturated heterocycles. The molecule has 21 heavy (non-hydrogen) atoms. The van der Waals surface area contributed by atoms with Crippen molar-refractivity contribution in [1.29, 1.82) is 0 Å².